The van der Waals surface area contributed by atoms with Crippen LogP contribution in [0.15, 0.2) is 458 Å². The molecule has 4 unspecified atom stereocenters. The summed E-state index contributed by atoms with van der Waals surface area (Å²) in [5.41, 5.74) is 40.6. The van der Waals surface area contributed by atoms with Crippen LogP contribution in [0.1, 0.15) is 186 Å². The summed E-state index contributed by atoms with van der Waals surface area (Å²) in [6.07, 6.45) is -0.0143. The molecule has 8 heterocycles. The van der Waals surface area contributed by atoms with Crippen molar-refractivity contribution >= 4 is 145 Å². The van der Waals surface area contributed by atoms with E-state index in [0.717, 1.165) is 88.4 Å². The van der Waals surface area contributed by atoms with Gasteiger partial charge in [0.2, 0.25) is 0 Å². The monoisotopic (exact) mass is 1970 g/mol. The van der Waals surface area contributed by atoms with Crippen LogP contribution in [0.25, 0.3) is 99.1 Å². The number of benzene rings is 17. The first-order chi connectivity index (χ1) is 71.0. The predicted molar refractivity (Wildman–Crippen MR) is 640 cm³/mol. The zero-order valence-electron chi connectivity index (χ0n) is 86.4. The van der Waals surface area contributed by atoms with E-state index >= 15 is 0 Å². The maximum atomic E-state index is 6.56. The topological polar surface area (TPSA) is 78.5 Å². The van der Waals surface area contributed by atoms with Crippen molar-refractivity contribution in [3.63, 3.8) is 0 Å². The normalized spacial score (nSPS) is 15.7. The SMILES string of the molecule is C.C.C.C.CC1=C(C(C)C)N(c2ccccc2)C(C(C)(C)C)N1c1c(C)ccc2c1oc1ccccc12.CC1=C(C(C)C)N(c2ccccc2)C(c2ccccc2)N1c1c(C)ccc2c1oc1ccccc12.CC1=C(c2ccccc2)N(c2ccccc2)C(c2c(C)cccc2C)N1c1cc2c(cc1C)oc1ccccc12.CC1=C(c2ccccc2)N(c2ccccc2)C(c2ccccc2)N1c1cc2c(cc1C)oc1ccccc12. The van der Waals surface area contributed by atoms with Gasteiger partial charge in [-0.2, -0.15) is 0 Å². The largest absolute Gasteiger partial charge is 0.456 e. The molecule has 0 saturated carbocycles. The van der Waals surface area contributed by atoms with Crippen LogP contribution in [0.5, 0.6) is 0 Å². The number of fused-ring (bicyclic) bond motifs is 12. The first-order valence-electron chi connectivity index (χ1n) is 51.3. The number of para-hydroxylation sites is 8. The van der Waals surface area contributed by atoms with Gasteiger partial charge in [-0.3, -0.25) is 0 Å². The molecular weight excluding hydrogens is 1830 g/mol. The van der Waals surface area contributed by atoms with Gasteiger partial charge in [-0.25, -0.2) is 0 Å². The molecule has 4 aromatic heterocycles. The van der Waals surface area contributed by atoms with Gasteiger partial charge in [-0.1, -0.05) is 388 Å². The van der Waals surface area contributed by atoms with Crippen LogP contribution < -0.4 is 39.2 Å². The minimum Gasteiger partial charge on any atom is -0.456 e. The summed E-state index contributed by atoms with van der Waals surface area (Å²) in [4.78, 5) is 20.2. The first kappa shape index (κ1) is 103. The molecule has 17 aromatic carbocycles. The highest BCUT2D eigenvalue weighted by molar-refractivity contribution is 6.13. The Kier molecular flexibility index (Phi) is 29.4. The predicted octanol–water partition coefficient (Wildman–Crippen LogP) is 39.1. The molecule has 0 amide bonds. The Labute approximate surface area is 886 Å². The zero-order chi connectivity index (χ0) is 101. The second kappa shape index (κ2) is 42.6. The van der Waals surface area contributed by atoms with Gasteiger partial charge in [-0.05, 0) is 234 Å². The minimum atomic E-state index is -0.0619. The number of nitrogens with zero attached hydrogens (tertiary/aromatic N) is 8. The quantitative estimate of drug-likeness (QED) is 0.0981. The number of hydrogen-bond acceptors (Lipinski definition) is 12. The van der Waals surface area contributed by atoms with Crippen LogP contribution >= 0.6 is 0 Å². The van der Waals surface area contributed by atoms with E-state index in [0.29, 0.717) is 11.8 Å². The smallest absolute Gasteiger partial charge is 0.159 e. The maximum Gasteiger partial charge on any atom is 0.159 e. The van der Waals surface area contributed by atoms with Crippen LogP contribution in [-0.4, -0.2) is 6.17 Å². The van der Waals surface area contributed by atoms with Gasteiger partial charge < -0.3 is 56.9 Å². The first-order valence-corrected chi connectivity index (χ1v) is 51.3. The molecule has 0 fully saturated rings. The van der Waals surface area contributed by atoms with Crippen molar-refractivity contribution in [3.05, 3.63) is 502 Å². The Morgan fingerprint density at radius 1 is 0.227 bits per heavy atom. The number of furan rings is 4. The Morgan fingerprint density at radius 3 is 0.907 bits per heavy atom. The lowest BCUT2D eigenvalue weighted by Gasteiger charge is -2.43. The lowest BCUT2D eigenvalue weighted by atomic mass is 9.89. The minimum absolute atomic E-state index is 0. The molecule has 0 aliphatic carbocycles. The second-order valence-corrected chi connectivity index (χ2v) is 41.0. The Hall–Kier alpha value is -16.7. The molecule has 21 aromatic rings. The lowest BCUT2D eigenvalue weighted by molar-refractivity contribution is 0.320. The summed E-state index contributed by atoms with van der Waals surface area (Å²) in [5.74, 6) is 0.733. The maximum absolute atomic E-state index is 6.56. The van der Waals surface area contributed by atoms with E-state index in [1.165, 1.54) is 152 Å². The number of rotatable bonds is 15. The van der Waals surface area contributed by atoms with E-state index in [1.54, 1.807) is 0 Å². The van der Waals surface area contributed by atoms with Gasteiger partial charge in [0.25, 0.3) is 0 Å². The molecule has 12 nitrogen and oxygen atoms in total. The highest BCUT2D eigenvalue weighted by atomic mass is 16.3. The van der Waals surface area contributed by atoms with Gasteiger partial charge in [0.05, 0.1) is 22.8 Å². The van der Waals surface area contributed by atoms with Crippen molar-refractivity contribution in [1.29, 1.82) is 0 Å². The lowest BCUT2D eigenvalue weighted by Crippen LogP contribution is -2.50. The van der Waals surface area contributed by atoms with E-state index in [9.17, 15) is 0 Å². The van der Waals surface area contributed by atoms with Crippen LogP contribution in [0, 0.1) is 58.8 Å². The van der Waals surface area contributed by atoms with E-state index in [-0.39, 0.29) is 59.8 Å². The third kappa shape index (κ3) is 18.3. The summed E-state index contributed by atoms with van der Waals surface area (Å²) >= 11 is 0. The summed E-state index contributed by atoms with van der Waals surface area (Å²) in [6, 6.07) is 144. The standard InChI is InChI=1S/C37H32N2O.C35H28N2O.C32H30N2O.C30H34N2O.4CH4/c1-24-14-13-15-25(2)35(24)37-38(32-23-31-30-20-11-12-21-33(30)40-34(31)22-26(32)3)27(4)36(28-16-7-5-8-17-28)39(37)29-18-9-6-10-19-29;1-24-22-33-30(29-20-12-13-21-32(29)38-33)23-31(24)36-25(2)34(26-14-6-3-7-15-26)37(28-18-10-5-11-19-28)35(36)27-16-8-4-9-17-27;1-21(2)29-23(4)33(30-22(3)19-20-27-26-17-11-12-18-28(26)35-31(27)30)32(24-13-7-5-8-14-24)34(29)25-15-9-6-10-16-25;1-19(2)26-21(4)31(29(30(5,6)7)32(26)22-13-9-8-10-14-22)27-20(3)17-18-24-23-15-11-12-16-25(23)33-28(24)27;;;;/h5-23,37H,1-4H3;3-23,35H,1-2H3;5-21,32H,1-4H3;8-19,29H,1-7H3;4*1H4. The van der Waals surface area contributed by atoms with Crippen LogP contribution in [0.3, 0.4) is 0 Å². The van der Waals surface area contributed by atoms with Gasteiger partial charge in [0.1, 0.15) is 58.2 Å². The van der Waals surface area contributed by atoms with Crippen molar-refractivity contribution in [2.45, 2.75) is 172 Å². The molecule has 25 rings (SSSR count). The molecule has 0 N–H and O–H groups in total. The molecule has 0 bridgehead atoms. The number of anilines is 8. The molecule has 0 saturated heterocycles. The summed E-state index contributed by atoms with van der Waals surface area (Å²) in [5, 5.41) is 9.23. The molecule has 150 heavy (non-hydrogen) atoms. The molecular formula is C138H140N8O4. The summed E-state index contributed by atoms with van der Waals surface area (Å²) < 4.78 is 25.6. The van der Waals surface area contributed by atoms with Crippen LogP contribution in [0.4, 0.5) is 45.5 Å². The van der Waals surface area contributed by atoms with Crippen molar-refractivity contribution in [2.24, 2.45) is 17.3 Å². The van der Waals surface area contributed by atoms with Crippen molar-refractivity contribution in [1.82, 2.24) is 0 Å². The average molecular weight is 1970 g/mol. The number of aryl methyl sites for hydroxylation is 6. The van der Waals surface area contributed by atoms with Crippen LogP contribution in [0.2, 0.25) is 0 Å². The second-order valence-electron chi connectivity index (χ2n) is 41.0. The molecule has 756 valence electrons. The van der Waals surface area contributed by atoms with Crippen molar-refractivity contribution in [3.8, 4) is 0 Å². The fourth-order valence-electron chi connectivity index (χ4n) is 23.5. The Bertz CT molecular complexity index is 8570. The fraction of sp³-hybridized carbons (Fsp3) is 0.203. The molecule has 12 heteroatoms. The molecule has 0 radical (unpaired) electrons. The van der Waals surface area contributed by atoms with E-state index in [4.69, 9.17) is 17.7 Å². The third-order valence-corrected chi connectivity index (χ3v) is 29.8. The van der Waals surface area contributed by atoms with E-state index < -0.39 is 0 Å². The van der Waals surface area contributed by atoms with Crippen molar-refractivity contribution in [2.75, 3.05) is 39.2 Å². The Balaban J connectivity index is 0.000000130. The number of hydrogen-bond donors (Lipinski definition) is 0. The molecule has 0 spiro atoms. The zero-order valence-corrected chi connectivity index (χ0v) is 86.4. The number of allylic oxidation sites excluding steroid dienone is 6. The molecule has 4 aliphatic rings. The summed E-state index contributed by atoms with van der Waals surface area (Å²) in [6.45, 7) is 38.5. The third-order valence-electron chi connectivity index (χ3n) is 29.8. The van der Waals surface area contributed by atoms with E-state index in [1.807, 2.05) is 30.3 Å². The van der Waals surface area contributed by atoms with Gasteiger partial charge in [0.15, 0.2) is 11.2 Å². The van der Waals surface area contributed by atoms with Gasteiger partial charge in [-0.15, -0.1) is 0 Å². The molecule has 4 atom stereocenters. The van der Waals surface area contributed by atoms with Gasteiger partial charge in [0, 0.05) is 122 Å². The highest BCUT2D eigenvalue weighted by Gasteiger charge is 2.49. The summed E-state index contributed by atoms with van der Waals surface area (Å²) in [7, 11) is 0. The average Bonchev–Trinajstić information content (AvgIpc) is 1.58. The fourth-order valence-corrected chi connectivity index (χ4v) is 23.5. The van der Waals surface area contributed by atoms with Crippen molar-refractivity contribution < 1.29 is 17.7 Å². The Morgan fingerprint density at radius 2 is 0.527 bits per heavy atom. The van der Waals surface area contributed by atoms with Gasteiger partial charge >= 0.3 is 0 Å². The molecule has 4 aliphatic heterocycles. The van der Waals surface area contributed by atoms with Crippen LogP contribution in [-0.2, 0) is 0 Å². The van der Waals surface area contributed by atoms with E-state index in [2.05, 4.69) is 533 Å². The highest BCUT2D eigenvalue weighted by Crippen LogP contribution is 2.58.